The molecular formula is C12H17IN4O3. The Labute approximate surface area is 130 Å². The van der Waals surface area contributed by atoms with Crippen molar-refractivity contribution in [2.75, 3.05) is 44.7 Å². The molecule has 1 fully saturated rings. The van der Waals surface area contributed by atoms with Crippen LogP contribution in [0.5, 0.6) is 0 Å². The lowest BCUT2D eigenvalue weighted by Crippen LogP contribution is -2.47. The van der Waals surface area contributed by atoms with Crippen LogP contribution in [0, 0.1) is 3.57 Å². The molecule has 2 heterocycles. The quantitative estimate of drug-likeness (QED) is 0.577. The van der Waals surface area contributed by atoms with Crippen LogP contribution in [0.1, 0.15) is 6.42 Å². The number of piperazine rings is 1. The van der Waals surface area contributed by atoms with Gasteiger partial charge < -0.3 is 14.6 Å². The van der Waals surface area contributed by atoms with Crippen LogP contribution in [-0.2, 0) is 9.53 Å². The maximum absolute atomic E-state index is 11.6. The van der Waals surface area contributed by atoms with Gasteiger partial charge in [0.2, 0.25) is 0 Å². The molecule has 7 nitrogen and oxygen atoms in total. The minimum absolute atomic E-state index is 0.108. The van der Waals surface area contributed by atoms with Gasteiger partial charge in [-0.15, -0.1) is 0 Å². The predicted molar refractivity (Wildman–Crippen MR) is 82.9 cm³/mol. The van der Waals surface area contributed by atoms with Crippen LogP contribution in [0.3, 0.4) is 0 Å². The van der Waals surface area contributed by atoms with Crippen molar-refractivity contribution < 1.29 is 9.53 Å². The molecule has 110 valence electrons. The van der Waals surface area contributed by atoms with Crippen molar-refractivity contribution in [3.63, 3.8) is 0 Å². The average Bonchev–Trinajstić information content (AvgIpc) is 2.48. The van der Waals surface area contributed by atoms with E-state index < -0.39 is 0 Å². The predicted octanol–water partition coefficient (Wildman–Crippen LogP) is 0.0596. The number of esters is 1. The Morgan fingerprint density at radius 3 is 2.80 bits per heavy atom. The first kappa shape index (κ1) is 15.2. The molecule has 0 unspecified atom stereocenters. The van der Waals surface area contributed by atoms with E-state index in [-0.39, 0.29) is 11.5 Å². The standard InChI is InChI=1S/C12H17IN4O3/c1-20-9(18)2-3-16-4-6-17(7-5-16)11-10(13)12(19)15-8-14-11/h8H,2-7H2,1H3,(H,14,15,19). The zero-order chi connectivity index (χ0) is 14.5. The van der Waals surface area contributed by atoms with Crippen LogP contribution in [0.2, 0.25) is 0 Å². The number of rotatable bonds is 4. The molecule has 0 aromatic carbocycles. The third kappa shape index (κ3) is 3.69. The molecule has 0 saturated carbocycles. The molecule has 1 aromatic heterocycles. The third-order valence-electron chi connectivity index (χ3n) is 3.31. The molecule has 0 atom stereocenters. The number of ether oxygens (including phenoxy) is 1. The summed E-state index contributed by atoms with van der Waals surface area (Å²) in [4.78, 5) is 33.8. The van der Waals surface area contributed by atoms with Crippen molar-refractivity contribution in [3.05, 3.63) is 20.3 Å². The number of hydrogen-bond donors (Lipinski definition) is 1. The van der Waals surface area contributed by atoms with Gasteiger partial charge in [0, 0.05) is 32.7 Å². The van der Waals surface area contributed by atoms with E-state index in [1.165, 1.54) is 13.4 Å². The average molecular weight is 392 g/mol. The van der Waals surface area contributed by atoms with Crippen molar-refractivity contribution in [1.29, 1.82) is 0 Å². The van der Waals surface area contributed by atoms with E-state index in [0.29, 0.717) is 16.5 Å². The zero-order valence-electron chi connectivity index (χ0n) is 11.3. The van der Waals surface area contributed by atoms with E-state index in [9.17, 15) is 9.59 Å². The molecule has 20 heavy (non-hydrogen) atoms. The lowest BCUT2D eigenvalue weighted by atomic mass is 10.3. The number of hydrogen-bond acceptors (Lipinski definition) is 6. The summed E-state index contributed by atoms with van der Waals surface area (Å²) in [6, 6.07) is 0. The Bertz CT molecular complexity index is 526. The van der Waals surface area contributed by atoms with Crippen LogP contribution < -0.4 is 10.5 Å². The highest BCUT2D eigenvalue weighted by molar-refractivity contribution is 14.1. The van der Waals surface area contributed by atoms with Crippen LogP contribution in [0.25, 0.3) is 0 Å². The summed E-state index contributed by atoms with van der Waals surface area (Å²) in [5.41, 5.74) is -0.108. The molecular weight excluding hydrogens is 375 g/mol. The van der Waals surface area contributed by atoms with Crippen molar-refractivity contribution in [1.82, 2.24) is 14.9 Å². The molecule has 0 radical (unpaired) electrons. The van der Waals surface area contributed by atoms with E-state index in [2.05, 4.69) is 24.5 Å². The smallest absolute Gasteiger partial charge is 0.306 e. The van der Waals surface area contributed by atoms with Gasteiger partial charge in [0.25, 0.3) is 5.56 Å². The Balaban J connectivity index is 1.89. The van der Waals surface area contributed by atoms with Crippen LogP contribution in [-0.4, -0.2) is 60.7 Å². The van der Waals surface area contributed by atoms with Crippen LogP contribution >= 0.6 is 22.6 Å². The highest BCUT2D eigenvalue weighted by Crippen LogP contribution is 2.17. The number of nitrogens with one attached hydrogen (secondary N) is 1. The number of nitrogens with zero attached hydrogens (tertiary/aromatic N) is 3. The number of carbonyl (C=O) groups excluding carboxylic acids is 1. The van der Waals surface area contributed by atoms with Crippen molar-refractivity contribution in [2.24, 2.45) is 0 Å². The molecule has 2 rings (SSSR count). The van der Waals surface area contributed by atoms with Crippen molar-refractivity contribution in [2.45, 2.75) is 6.42 Å². The van der Waals surface area contributed by atoms with Crippen molar-refractivity contribution >= 4 is 34.4 Å². The molecule has 1 N–H and O–H groups in total. The molecule has 0 bridgehead atoms. The SMILES string of the molecule is COC(=O)CCN1CCN(c2nc[nH]c(=O)c2I)CC1. The summed E-state index contributed by atoms with van der Waals surface area (Å²) in [5.74, 6) is 0.556. The molecule has 8 heteroatoms. The van der Waals surface area contributed by atoms with Gasteiger partial charge in [0.15, 0.2) is 0 Å². The fourth-order valence-corrected chi connectivity index (χ4v) is 2.76. The van der Waals surface area contributed by atoms with Gasteiger partial charge in [0.05, 0.1) is 19.9 Å². The Kier molecular flexibility index (Phi) is 5.35. The second kappa shape index (κ2) is 7.02. The first-order valence-electron chi connectivity index (χ1n) is 6.39. The molecule has 0 spiro atoms. The summed E-state index contributed by atoms with van der Waals surface area (Å²) in [6.45, 7) is 4.00. The minimum atomic E-state index is -0.182. The number of carbonyl (C=O) groups is 1. The maximum Gasteiger partial charge on any atom is 0.306 e. The normalized spacial score (nSPS) is 16.2. The Morgan fingerprint density at radius 2 is 2.15 bits per heavy atom. The summed E-state index contributed by atoms with van der Waals surface area (Å²) in [6.07, 6.45) is 1.85. The van der Waals surface area contributed by atoms with E-state index in [1.807, 2.05) is 22.6 Å². The lowest BCUT2D eigenvalue weighted by molar-refractivity contribution is -0.141. The number of H-pyrrole nitrogens is 1. The van der Waals surface area contributed by atoms with Gasteiger partial charge in [-0.1, -0.05) is 0 Å². The van der Waals surface area contributed by atoms with Crippen molar-refractivity contribution in [3.8, 4) is 0 Å². The topological polar surface area (TPSA) is 78.5 Å². The van der Waals surface area contributed by atoms with Gasteiger partial charge in [-0.05, 0) is 22.6 Å². The first-order chi connectivity index (χ1) is 9.61. The van der Waals surface area contributed by atoms with Gasteiger partial charge in [-0.2, -0.15) is 0 Å². The number of methoxy groups -OCH3 is 1. The molecule has 1 saturated heterocycles. The lowest BCUT2D eigenvalue weighted by Gasteiger charge is -2.35. The summed E-state index contributed by atoms with van der Waals surface area (Å²) < 4.78 is 5.25. The summed E-state index contributed by atoms with van der Waals surface area (Å²) >= 11 is 2.02. The molecule has 1 aliphatic heterocycles. The first-order valence-corrected chi connectivity index (χ1v) is 7.47. The summed E-state index contributed by atoms with van der Waals surface area (Å²) in [5, 5.41) is 0. The number of halogens is 1. The van der Waals surface area contributed by atoms with Gasteiger partial charge in [0.1, 0.15) is 9.39 Å². The van der Waals surface area contributed by atoms with E-state index in [0.717, 1.165) is 32.0 Å². The largest absolute Gasteiger partial charge is 0.469 e. The molecule has 1 aromatic rings. The monoisotopic (exact) mass is 392 g/mol. The highest BCUT2D eigenvalue weighted by atomic mass is 127. The van der Waals surface area contributed by atoms with Crippen LogP contribution in [0.15, 0.2) is 11.1 Å². The van der Waals surface area contributed by atoms with Gasteiger partial charge in [-0.3, -0.25) is 14.5 Å². The van der Waals surface area contributed by atoms with Gasteiger partial charge >= 0.3 is 5.97 Å². The van der Waals surface area contributed by atoms with E-state index >= 15 is 0 Å². The minimum Gasteiger partial charge on any atom is -0.469 e. The maximum atomic E-state index is 11.6. The molecule has 1 aliphatic rings. The molecule has 0 amide bonds. The second-order valence-electron chi connectivity index (χ2n) is 4.52. The zero-order valence-corrected chi connectivity index (χ0v) is 13.4. The van der Waals surface area contributed by atoms with Crippen LogP contribution in [0.4, 0.5) is 5.82 Å². The van der Waals surface area contributed by atoms with E-state index in [1.54, 1.807) is 0 Å². The van der Waals surface area contributed by atoms with Gasteiger partial charge in [-0.25, -0.2) is 4.98 Å². The fourth-order valence-electron chi connectivity index (χ4n) is 2.13. The molecule has 0 aliphatic carbocycles. The number of aromatic nitrogens is 2. The Hall–Kier alpha value is -1.16. The highest BCUT2D eigenvalue weighted by Gasteiger charge is 2.21. The van der Waals surface area contributed by atoms with E-state index in [4.69, 9.17) is 0 Å². The second-order valence-corrected chi connectivity index (χ2v) is 5.60. The third-order valence-corrected chi connectivity index (χ3v) is 4.28. The summed E-state index contributed by atoms with van der Waals surface area (Å²) in [7, 11) is 1.40. The number of anilines is 1. The Morgan fingerprint density at radius 1 is 1.45 bits per heavy atom. The fraction of sp³-hybridized carbons (Fsp3) is 0.583. The number of aromatic amines is 1.